The van der Waals surface area contributed by atoms with E-state index in [9.17, 15) is 10.1 Å². The molecule has 0 saturated carbocycles. The van der Waals surface area contributed by atoms with Crippen molar-refractivity contribution in [3.63, 3.8) is 0 Å². The first-order valence-electron chi connectivity index (χ1n) is 6.75. The van der Waals surface area contributed by atoms with Crippen molar-refractivity contribution >= 4 is 34.0 Å². The molecule has 4 N–H and O–H groups in total. The van der Waals surface area contributed by atoms with Gasteiger partial charge in [-0.2, -0.15) is 15.4 Å². The third-order valence-corrected chi connectivity index (χ3v) is 3.07. The number of pyridine rings is 1. The van der Waals surface area contributed by atoms with E-state index in [1.165, 1.54) is 12.1 Å². The summed E-state index contributed by atoms with van der Waals surface area (Å²) < 4.78 is 0. The Morgan fingerprint density at radius 1 is 1.22 bits per heavy atom. The zero-order chi connectivity index (χ0) is 16.2. The standard InChI is InChI=1S/C13H13N7O3/c21-6-5-14-12-4-3-11(20(22)23)13(16-12)15-8-1-2-9-10(7-8)18-19-17-9/h1-4,7,21H,5-6H2,(H2,14,15,16)(H,17,18,19). The molecule has 23 heavy (non-hydrogen) atoms. The fourth-order valence-corrected chi connectivity index (χ4v) is 2.03. The Balaban J connectivity index is 1.93. The Morgan fingerprint density at radius 2 is 2.04 bits per heavy atom. The van der Waals surface area contributed by atoms with Gasteiger partial charge < -0.3 is 15.7 Å². The molecule has 0 saturated heterocycles. The van der Waals surface area contributed by atoms with Crippen molar-refractivity contribution in [2.45, 2.75) is 0 Å². The van der Waals surface area contributed by atoms with Gasteiger partial charge in [-0.3, -0.25) is 10.1 Å². The first-order valence-corrected chi connectivity index (χ1v) is 6.75. The Labute approximate surface area is 129 Å². The number of anilines is 3. The number of hydrogen-bond acceptors (Lipinski definition) is 8. The van der Waals surface area contributed by atoms with Gasteiger partial charge in [0.1, 0.15) is 16.9 Å². The van der Waals surface area contributed by atoms with Crippen LogP contribution in [0.4, 0.5) is 23.0 Å². The summed E-state index contributed by atoms with van der Waals surface area (Å²) in [5.41, 5.74) is 1.77. The molecule has 0 aliphatic carbocycles. The normalized spacial score (nSPS) is 10.7. The first-order chi connectivity index (χ1) is 11.2. The van der Waals surface area contributed by atoms with Crippen LogP contribution in [0.3, 0.4) is 0 Å². The van der Waals surface area contributed by atoms with E-state index >= 15 is 0 Å². The molecule has 0 aliphatic rings. The predicted octanol–water partition coefficient (Wildman–Crippen LogP) is 1.41. The van der Waals surface area contributed by atoms with Gasteiger partial charge in [0.15, 0.2) is 0 Å². The van der Waals surface area contributed by atoms with Crippen molar-refractivity contribution in [1.82, 2.24) is 20.4 Å². The molecule has 0 aliphatic heterocycles. The number of benzene rings is 1. The number of nitro groups is 1. The lowest BCUT2D eigenvalue weighted by Crippen LogP contribution is -2.08. The molecule has 0 radical (unpaired) electrons. The predicted molar refractivity (Wildman–Crippen MR) is 83.6 cm³/mol. The average Bonchev–Trinajstić information content (AvgIpc) is 3.00. The fourth-order valence-electron chi connectivity index (χ4n) is 2.03. The highest BCUT2D eigenvalue weighted by molar-refractivity contribution is 5.80. The summed E-state index contributed by atoms with van der Waals surface area (Å²) >= 11 is 0. The SMILES string of the molecule is O=[N+]([O-])c1ccc(NCCO)nc1Nc1ccc2n[nH]nc2c1. The molecule has 2 aromatic heterocycles. The number of nitrogens with zero attached hydrogens (tertiary/aromatic N) is 4. The quantitative estimate of drug-likeness (QED) is 0.395. The maximum absolute atomic E-state index is 11.1. The Hall–Kier alpha value is -3.27. The number of H-pyrrole nitrogens is 1. The third-order valence-electron chi connectivity index (χ3n) is 3.07. The number of aliphatic hydroxyl groups is 1. The molecule has 10 heteroatoms. The van der Waals surface area contributed by atoms with Crippen molar-refractivity contribution < 1.29 is 10.0 Å². The summed E-state index contributed by atoms with van der Waals surface area (Å²) in [7, 11) is 0. The van der Waals surface area contributed by atoms with Crippen LogP contribution >= 0.6 is 0 Å². The average molecular weight is 315 g/mol. The fraction of sp³-hybridized carbons (Fsp3) is 0.154. The topological polar surface area (TPSA) is 142 Å². The smallest absolute Gasteiger partial charge is 0.311 e. The molecule has 0 amide bonds. The number of rotatable bonds is 6. The van der Waals surface area contributed by atoms with Crippen LogP contribution in [0.15, 0.2) is 30.3 Å². The van der Waals surface area contributed by atoms with Gasteiger partial charge in [0.25, 0.3) is 0 Å². The molecular weight excluding hydrogens is 302 g/mol. The highest BCUT2D eigenvalue weighted by Gasteiger charge is 2.16. The molecule has 10 nitrogen and oxygen atoms in total. The molecular formula is C13H13N7O3. The molecule has 3 aromatic rings. The van der Waals surface area contributed by atoms with E-state index in [0.717, 1.165) is 0 Å². The number of nitrogens with one attached hydrogen (secondary N) is 3. The summed E-state index contributed by atoms with van der Waals surface area (Å²) in [5.74, 6) is 0.524. The van der Waals surface area contributed by atoms with E-state index in [-0.39, 0.29) is 18.1 Å². The van der Waals surface area contributed by atoms with Crippen LogP contribution in [0.1, 0.15) is 0 Å². The highest BCUT2D eigenvalue weighted by Crippen LogP contribution is 2.28. The molecule has 0 fully saturated rings. The molecule has 2 heterocycles. The summed E-state index contributed by atoms with van der Waals surface area (Å²) in [5, 5.41) is 36.2. The van der Waals surface area contributed by atoms with Crippen LogP contribution in [-0.2, 0) is 0 Å². The van der Waals surface area contributed by atoms with Crippen LogP contribution in [0.5, 0.6) is 0 Å². The number of aromatic nitrogens is 4. The number of hydrogen-bond donors (Lipinski definition) is 4. The van der Waals surface area contributed by atoms with E-state index in [1.807, 2.05) is 0 Å². The van der Waals surface area contributed by atoms with Crippen LogP contribution in [0.25, 0.3) is 11.0 Å². The molecule has 0 bridgehead atoms. The first kappa shape index (κ1) is 14.7. The van der Waals surface area contributed by atoms with E-state index < -0.39 is 4.92 Å². The monoisotopic (exact) mass is 315 g/mol. The van der Waals surface area contributed by atoms with Gasteiger partial charge in [0.05, 0.1) is 11.5 Å². The van der Waals surface area contributed by atoms with Crippen molar-refractivity contribution in [3.8, 4) is 0 Å². The highest BCUT2D eigenvalue weighted by atomic mass is 16.6. The summed E-state index contributed by atoms with van der Waals surface area (Å²) in [4.78, 5) is 14.8. The second kappa shape index (κ2) is 6.23. The molecule has 3 rings (SSSR count). The number of aromatic amines is 1. The molecule has 0 spiro atoms. The van der Waals surface area contributed by atoms with Crippen LogP contribution in [-0.4, -0.2) is 43.6 Å². The second-order valence-electron chi connectivity index (χ2n) is 4.62. The summed E-state index contributed by atoms with van der Waals surface area (Å²) in [6, 6.07) is 8.01. The lowest BCUT2D eigenvalue weighted by atomic mass is 10.2. The molecule has 1 aromatic carbocycles. The van der Waals surface area contributed by atoms with Gasteiger partial charge in [-0.05, 0) is 24.3 Å². The van der Waals surface area contributed by atoms with Gasteiger partial charge in [0, 0.05) is 18.3 Å². The Bertz CT molecular complexity index is 848. The molecule has 0 atom stereocenters. The summed E-state index contributed by atoms with van der Waals surface area (Å²) in [6.07, 6.45) is 0. The largest absolute Gasteiger partial charge is 0.395 e. The van der Waals surface area contributed by atoms with Crippen molar-refractivity contribution in [1.29, 1.82) is 0 Å². The minimum absolute atomic E-state index is 0.0652. The Morgan fingerprint density at radius 3 is 2.83 bits per heavy atom. The van der Waals surface area contributed by atoms with Crippen molar-refractivity contribution in [3.05, 3.63) is 40.4 Å². The van der Waals surface area contributed by atoms with Gasteiger partial charge in [-0.25, -0.2) is 4.98 Å². The lowest BCUT2D eigenvalue weighted by molar-refractivity contribution is -0.384. The minimum atomic E-state index is -0.514. The van der Waals surface area contributed by atoms with Crippen LogP contribution in [0.2, 0.25) is 0 Å². The Kier molecular flexibility index (Phi) is 3.97. The van der Waals surface area contributed by atoms with Crippen molar-refractivity contribution in [2.24, 2.45) is 0 Å². The van der Waals surface area contributed by atoms with E-state index in [1.54, 1.807) is 18.2 Å². The number of fused-ring (bicyclic) bond motifs is 1. The van der Waals surface area contributed by atoms with Gasteiger partial charge in [-0.15, -0.1) is 0 Å². The van der Waals surface area contributed by atoms with E-state index in [4.69, 9.17) is 5.11 Å². The van der Waals surface area contributed by atoms with Crippen molar-refractivity contribution in [2.75, 3.05) is 23.8 Å². The molecule has 118 valence electrons. The van der Waals surface area contributed by atoms with Gasteiger partial charge >= 0.3 is 5.69 Å². The minimum Gasteiger partial charge on any atom is -0.395 e. The maximum atomic E-state index is 11.1. The van der Waals surface area contributed by atoms with Crippen LogP contribution < -0.4 is 10.6 Å². The zero-order valence-electron chi connectivity index (χ0n) is 11.9. The van der Waals surface area contributed by atoms with Gasteiger partial charge in [0.2, 0.25) is 5.82 Å². The second-order valence-corrected chi connectivity index (χ2v) is 4.62. The van der Waals surface area contributed by atoms with Crippen LogP contribution in [0, 0.1) is 10.1 Å². The van der Waals surface area contributed by atoms with E-state index in [0.29, 0.717) is 29.1 Å². The number of aliphatic hydroxyl groups excluding tert-OH is 1. The third kappa shape index (κ3) is 3.16. The summed E-state index contributed by atoms with van der Waals surface area (Å²) in [6.45, 7) is 0.236. The zero-order valence-corrected chi connectivity index (χ0v) is 11.9. The lowest BCUT2D eigenvalue weighted by Gasteiger charge is -2.09. The van der Waals surface area contributed by atoms with Gasteiger partial charge in [-0.1, -0.05) is 0 Å². The maximum Gasteiger partial charge on any atom is 0.311 e. The molecule has 0 unspecified atom stereocenters. The van der Waals surface area contributed by atoms with E-state index in [2.05, 4.69) is 31.0 Å².